The molecule has 1 N–H and O–H groups in total. The third kappa shape index (κ3) is 6.12. The molecule has 246 valence electrons. The third-order valence-electron chi connectivity index (χ3n) is 9.83. The highest BCUT2D eigenvalue weighted by Crippen LogP contribution is 2.49. The Balaban J connectivity index is 1.30. The summed E-state index contributed by atoms with van der Waals surface area (Å²) in [6.07, 6.45) is 6.23. The maximum Gasteiger partial charge on any atom is 0.263 e. The fourth-order valence-corrected chi connectivity index (χ4v) is 8.03. The first kappa shape index (κ1) is 32.4. The molecule has 0 atom stereocenters. The topological polar surface area (TPSA) is 123 Å². The number of amides is 1. The second-order valence-electron chi connectivity index (χ2n) is 13.0. The van der Waals surface area contributed by atoms with Crippen LogP contribution in [0.25, 0.3) is 11.1 Å². The predicted molar refractivity (Wildman–Crippen MR) is 176 cm³/mol. The Kier molecular flexibility index (Phi) is 9.11. The van der Waals surface area contributed by atoms with Gasteiger partial charge in [0.05, 0.1) is 31.3 Å². The minimum Gasteiger partial charge on any atom is -0.380 e. The van der Waals surface area contributed by atoms with Crippen molar-refractivity contribution >= 4 is 27.6 Å². The molecule has 2 spiro atoms. The summed E-state index contributed by atoms with van der Waals surface area (Å²) in [6.45, 7) is 10.4. The van der Waals surface area contributed by atoms with Gasteiger partial charge in [-0.2, -0.15) is 0 Å². The zero-order chi connectivity index (χ0) is 32.5. The van der Waals surface area contributed by atoms with E-state index in [2.05, 4.69) is 16.8 Å². The summed E-state index contributed by atoms with van der Waals surface area (Å²) in [5.41, 5.74) is 3.27. The first-order valence-electron chi connectivity index (χ1n) is 16.3. The van der Waals surface area contributed by atoms with Gasteiger partial charge in [-0.25, -0.2) is 8.42 Å². The summed E-state index contributed by atoms with van der Waals surface area (Å²) in [7, 11) is -4.00. The van der Waals surface area contributed by atoms with Gasteiger partial charge < -0.3 is 14.0 Å². The summed E-state index contributed by atoms with van der Waals surface area (Å²) in [5.74, 6) is 1.69. The van der Waals surface area contributed by atoms with Crippen LogP contribution in [0.15, 0.2) is 56.9 Å². The molecule has 1 saturated heterocycles. The number of anilines is 1. The molecule has 2 aromatic carbocycles. The van der Waals surface area contributed by atoms with Gasteiger partial charge in [0.25, 0.3) is 15.9 Å². The largest absolute Gasteiger partial charge is 0.380 e. The van der Waals surface area contributed by atoms with E-state index in [1.165, 1.54) is 0 Å². The molecule has 3 aliphatic rings. The van der Waals surface area contributed by atoms with Crippen LogP contribution in [0.2, 0.25) is 0 Å². The van der Waals surface area contributed by atoms with Gasteiger partial charge in [0.1, 0.15) is 17.1 Å². The van der Waals surface area contributed by atoms with Crippen LogP contribution in [-0.2, 0) is 37.4 Å². The molecular formula is C35H44N4O6S. The van der Waals surface area contributed by atoms with E-state index in [4.69, 9.17) is 19.0 Å². The van der Waals surface area contributed by atoms with Crippen molar-refractivity contribution in [1.29, 1.82) is 0 Å². The van der Waals surface area contributed by atoms with Crippen LogP contribution in [0.3, 0.4) is 0 Å². The van der Waals surface area contributed by atoms with E-state index in [0.717, 1.165) is 80.7 Å². The number of aliphatic imine (C=N–C) groups is 1. The van der Waals surface area contributed by atoms with Crippen LogP contribution in [0.4, 0.5) is 5.82 Å². The van der Waals surface area contributed by atoms with Gasteiger partial charge in [0.2, 0.25) is 0 Å². The summed E-state index contributed by atoms with van der Waals surface area (Å²) < 4.78 is 46.5. The second kappa shape index (κ2) is 12.9. The van der Waals surface area contributed by atoms with Gasteiger partial charge in [-0.05, 0) is 75.6 Å². The van der Waals surface area contributed by atoms with Crippen molar-refractivity contribution in [3.8, 4) is 11.1 Å². The normalized spacial score (nSPS) is 18.7. The fraction of sp³-hybridized carbons (Fsp3) is 0.514. The molecule has 10 nitrogen and oxygen atoms in total. The molecule has 3 aromatic rings. The number of hydrogen-bond acceptors (Lipinski definition) is 8. The minimum absolute atomic E-state index is 0.102. The lowest BCUT2D eigenvalue weighted by molar-refractivity contribution is -0.149. The highest BCUT2D eigenvalue weighted by molar-refractivity contribution is 7.92. The number of aromatic nitrogens is 1. The summed E-state index contributed by atoms with van der Waals surface area (Å²) >= 11 is 0. The van der Waals surface area contributed by atoms with Crippen molar-refractivity contribution in [2.75, 3.05) is 24.5 Å². The average molecular weight is 649 g/mol. The molecule has 0 unspecified atom stereocenters. The second-order valence-corrected chi connectivity index (χ2v) is 14.6. The fourth-order valence-electron chi connectivity index (χ4n) is 6.75. The Hall–Kier alpha value is -3.54. The molecule has 1 aliphatic carbocycles. The standard InChI is InChI=1S/C35H44N4O6S/c1-5-7-12-31-36-35(17-15-34(16-18-35)22-44-23-34)33(40)39(31)20-26-13-14-28(27(19-26)21-43-6-2)29-10-8-9-11-30(29)46(41,42)38-32-24(3)25(4)45-37-32/h8-11,13-14,19H,5-7,12,15-18,20-23H2,1-4H3,(H,37,38). The lowest BCUT2D eigenvalue weighted by Crippen LogP contribution is -2.52. The molecule has 11 heteroatoms. The quantitative estimate of drug-likeness (QED) is 0.236. The van der Waals surface area contributed by atoms with E-state index in [9.17, 15) is 13.2 Å². The summed E-state index contributed by atoms with van der Waals surface area (Å²) in [4.78, 5) is 21.3. The number of hydrogen-bond donors (Lipinski definition) is 1. The van der Waals surface area contributed by atoms with Crippen LogP contribution in [-0.4, -0.2) is 55.6 Å². The molecule has 1 amide bonds. The number of carbonyl (C=O) groups is 1. The number of benzene rings is 2. The van der Waals surface area contributed by atoms with Crippen LogP contribution >= 0.6 is 0 Å². The van der Waals surface area contributed by atoms with Crippen molar-refractivity contribution in [3.63, 3.8) is 0 Å². The number of nitrogens with one attached hydrogen (secondary N) is 1. The monoisotopic (exact) mass is 648 g/mol. The van der Waals surface area contributed by atoms with Crippen LogP contribution in [0.1, 0.15) is 81.2 Å². The molecule has 1 aromatic heterocycles. The smallest absolute Gasteiger partial charge is 0.263 e. The molecule has 46 heavy (non-hydrogen) atoms. The Morgan fingerprint density at radius 2 is 1.78 bits per heavy atom. The van der Waals surface area contributed by atoms with Crippen molar-refractivity contribution in [1.82, 2.24) is 10.1 Å². The number of amidine groups is 1. The van der Waals surface area contributed by atoms with Crippen molar-refractivity contribution in [2.24, 2.45) is 10.4 Å². The number of rotatable bonds is 12. The number of carbonyl (C=O) groups excluding carboxylic acids is 1. The average Bonchev–Trinajstić information content (AvgIpc) is 3.48. The zero-order valence-corrected chi connectivity index (χ0v) is 28.0. The molecule has 6 rings (SSSR count). The van der Waals surface area contributed by atoms with Gasteiger partial charge in [-0.1, -0.05) is 54.9 Å². The summed E-state index contributed by atoms with van der Waals surface area (Å²) in [5, 5.41) is 3.89. The van der Waals surface area contributed by atoms with Gasteiger partial charge in [0, 0.05) is 29.6 Å². The van der Waals surface area contributed by atoms with Gasteiger partial charge >= 0.3 is 0 Å². The maximum absolute atomic E-state index is 14.1. The Morgan fingerprint density at radius 3 is 2.43 bits per heavy atom. The Morgan fingerprint density at radius 1 is 1.02 bits per heavy atom. The molecule has 0 bridgehead atoms. The predicted octanol–water partition coefficient (Wildman–Crippen LogP) is 6.56. The number of unbranched alkanes of at least 4 members (excludes halogenated alkanes) is 1. The van der Waals surface area contributed by atoms with Crippen LogP contribution in [0.5, 0.6) is 0 Å². The maximum atomic E-state index is 14.1. The Bertz CT molecular complexity index is 1730. The van der Waals surface area contributed by atoms with Gasteiger partial charge in [0.15, 0.2) is 5.82 Å². The first-order chi connectivity index (χ1) is 22.1. The zero-order valence-electron chi connectivity index (χ0n) is 27.2. The summed E-state index contributed by atoms with van der Waals surface area (Å²) in [6, 6.07) is 12.8. The van der Waals surface area contributed by atoms with E-state index < -0.39 is 15.6 Å². The highest BCUT2D eigenvalue weighted by Gasteiger charge is 2.54. The van der Waals surface area contributed by atoms with Gasteiger partial charge in [-0.3, -0.25) is 19.4 Å². The minimum atomic E-state index is -4.00. The van der Waals surface area contributed by atoms with Crippen LogP contribution < -0.4 is 4.72 Å². The van der Waals surface area contributed by atoms with E-state index >= 15 is 0 Å². The Labute approximate surface area is 271 Å². The number of sulfonamides is 1. The van der Waals surface area contributed by atoms with Gasteiger partial charge in [-0.15, -0.1) is 0 Å². The number of aryl methyl sites for hydroxylation is 1. The van der Waals surface area contributed by atoms with E-state index in [1.54, 1.807) is 32.0 Å². The van der Waals surface area contributed by atoms with Crippen LogP contribution in [0, 0.1) is 19.3 Å². The van der Waals surface area contributed by atoms with E-state index in [1.807, 2.05) is 36.1 Å². The lowest BCUT2D eigenvalue weighted by Gasteiger charge is -2.48. The lowest BCUT2D eigenvalue weighted by atomic mass is 9.66. The SMILES string of the molecule is CCCCC1=NC2(CCC3(CC2)COC3)C(=O)N1Cc1ccc(-c2ccccc2S(=O)(=O)Nc2noc(C)c2C)c(COCC)c1. The molecule has 2 aliphatic heterocycles. The molecule has 3 heterocycles. The molecule has 0 radical (unpaired) electrons. The third-order valence-corrected chi connectivity index (χ3v) is 11.2. The van der Waals surface area contributed by atoms with Crippen molar-refractivity contribution in [3.05, 3.63) is 64.9 Å². The van der Waals surface area contributed by atoms with E-state index in [-0.39, 0.29) is 22.0 Å². The highest BCUT2D eigenvalue weighted by atomic mass is 32.2. The van der Waals surface area contributed by atoms with E-state index in [0.29, 0.717) is 36.6 Å². The van der Waals surface area contributed by atoms with Crippen molar-refractivity contribution < 1.29 is 27.2 Å². The number of nitrogens with zero attached hydrogens (tertiary/aromatic N) is 3. The number of ether oxygens (including phenoxy) is 2. The molecule has 2 fully saturated rings. The van der Waals surface area contributed by atoms with Crippen molar-refractivity contribution in [2.45, 2.75) is 96.2 Å². The first-order valence-corrected chi connectivity index (χ1v) is 17.8. The molecular weight excluding hydrogens is 604 g/mol. The molecule has 1 saturated carbocycles.